The van der Waals surface area contributed by atoms with Crippen LogP contribution in [0.4, 0.5) is 4.39 Å². The van der Waals surface area contributed by atoms with Crippen molar-refractivity contribution in [2.24, 2.45) is 0 Å². The summed E-state index contributed by atoms with van der Waals surface area (Å²) in [5.41, 5.74) is 1.19. The van der Waals surface area contributed by atoms with E-state index in [2.05, 4.69) is 4.98 Å². The third kappa shape index (κ3) is 4.15. The van der Waals surface area contributed by atoms with E-state index in [9.17, 15) is 19.1 Å². The van der Waals surface area contributed by atoms with Crippen molar-refractivity contribution in [3.63, 3.8) is 0 Å². The number of carbonyl (C=O) groups is 2. The molecule has 0 radical (unpaired) electrons. The van der Waals surface area contributed by atoms with Crippen LogP contribution in [0.25, 0.3) is 5.76 Å². The maximum Gasteiger partial charge on any atom is 0.295 e. The Kier molecular flexibility index (Phi) is 6.08. The van der Waals surface area contributed by atoms with Gasteiger partial charge < -0.3 is 19.5 Å². The molecule has 1 saturated heterocycles. The first-order chi connectivity index (χ1) is 15.9. The lowest BCUT2D eigenvalue weighted by Crippen LogP contribution is -2.29. The average molecular weight is 448 g/mol. The predicted molar refractivity (Wildman–Crippen MR) is 118 cm³/mol. The number of nitrogens with zero attached hydrogens (tertiary/aromatic N) is 2. The van der Waals surface area contributed by atoms with Crippen LogP contribution in [0.3, 0.4) is 0 Å². The van der Waals surface area contributed by atoms with Crippen molar-refractivity contribution >= 4 is 17.4 Å². The first-order valence-electron chi connectivity index (χ1n) is 10.1. The van der Waals surface area contributed by atoms with Crippen LogP contribution < -0.4 is 9.47 Å². The van der Waals surface area contributed by atoms with Gasteiger partial charge in [0, 0.05) is 24.5 Å². The molecule has 33 heavy (non-hydrogen) atoms. The van der Waals surface area contributed by atoms with Gasteiger partial charge in [-0.1, -0.05) is 18.2 Å². The van der Waals surface area contributed by atoms with Crippen LogP contribution in [-0.2, 0) is 16.1 Å². The quantitative estimate of drug-likeness (QED) is 0.350. The molecule has 0 saturated carbocycles. The number of ether oxygens (including phenoxy) is 2. The Labute approximate surface area is 189 Å². The number of benzene rings is 2. The van der Waals surface area contributed by atoms with E-state index in [1.54, 1.807) is 48.8 Å². The highest BCUT2D eigenvalue weighted by atomic mass is 19.1. The molecule has 1 atom stereocenters. The Morgan fingerprint density at radius 2 is 1.91 bits per heavy atom. The molecule has 7 nitrogen and oxygen atoms in total. The number of aromatic nitrogens is 1. The maximum absolute atomic E-state index is 14.3. The molecule has 0 bridgehead atoms. The lowest BCUT2D eigenvalue weighted by atomic mass is 9.95. The normalized spacial score (nSPS) is 17.3. The van der Waals surface area contributed by atoms with Gasteiger partial charge in [0.05, 0.1) is 25.8 Å². The number of hydrogen-bond acceptors (Lipinski definition) is 6. The van der Waals surface area contributed by atoms with E-state index >= 15 is 0 Å². The summed E-state index contributed by atoms with van der Waals surface area (Å²) < 4.78 is 24.5. The minimum Gasteiger partial charge on any atom is -0.507 e. The number of pyridine rings is 1. The number of likely N-dealkylation sites (tertiary alicyclic amines) is 1. The zero-order valence-corrected chi connectivity index (χ0v) is 18.0. The Bertz CT molecular complexity index is 1240. The first kappa shape index (κ1) is 22.0. The number of methoxy groups -OCH3 is 2. The smallest absolute Gasteiger partial charge is 0.295 e. The van der Waals surface area contributed by atoms with Gasteiger partial charge in [-0.25, -0.2) is 4.39 Å². The van der Waals surface area contributed by atoms with Crippen LogP contribution in [0, 0.1) is 5.82 Å². The minimum absolute atomic E-state index is 0.00655. The standard InChI is InChI=1S/C25H21FN2O5/c1-32-18-7-3-6-16(11-18)22-21(23(29)17-8-9-20(33-2)19(26)12-17)24(30)25(31)28(22)14-15-5-4-10-27-13-15/h3-13,22,29H,14H2,1-2H3/b23-21+. The van der Waals surface area contributed by atoms with Crippen LogP contribution in [0.5, 0.6) is 11.5 Å². The van der Waals surface area contributed by atoms with Crippen molar-refractivity contribution in [1.29, 1.82) is 0 Å². The summed E-state index contributed by atoms with van der Waals surface area (Å²) in [6, 6.07) is 13.3. The number of halogens is 1. The van der Waals surface area contributed by atoms with Gasteiger partial charge in [-0.2, -0.15) is 0 Å². The number of hydrogen-bond donors (Lipinski definition) is 1. The van der Waals surface area contributed by atoms with Gasteiger partial charge in [-0.05, 0) is 47.5 Å². The zero-order chi connectivity index (χ0) is 23.5. The third-order valence-corrected chi connectivity index (χ3v) is 5.45. The number of aliphatic hydroxyl groups is 1. The molecule has 4 rings (SSSR count). The Hall–Kier alpha value is -4.20. The van der Waals surface area contributed by atoms with E-state index in [0.717, 1.165) is 6.07 Å². The molecule has 1 N–H and O–H groups in total. The fourth-order valence-corrected chi connectivity index (χ4v) is 3.86. The summed E-state index contributed by atoms with van der Waals surface area (Å²) in [4.78, 5) is 31.6. The summed E-state index contributed by atoms with van der Waals surface area (Å²) in [6.07, 6.45) is 3.20. The maximum atomic E-state index is 14.3. The molecule has 1 unspecified atom stereocenters. The fraction of sp³-hybridized carbons (Fsp3) is 0.160. The van der Waals surface area contributed by atoms with Gasteiger partial charge in [0.25, 0.3) is 11.7 Å². The molecule has 168 valence electrons. The van der Waals surface area contributed by atoms with E-state index in [0.29, 0.717) is 16.9 Å². The van der Waals surface area contributed by atoms with E-state index in [-0.39, 0.29) is 23.4 Å². The van der Waals surface area contributed by atoms with Gasteiger partial charge in [0.1, 0.15) is 11.5 Å². The molecule has 1 amide bonds. The molecular weight excluding hydrogens is 427 g/mol. The molecule has 1 aromatic heterocycles. The van der Waals surface area contributed by atoms with Gasteiger partial charge in [-0.3, -0.25) is 14.6 Å². The topological polar surface area (TPSA) is 89.0 Å². The second-order valence-corrected chi connectivity index (χ2v) is 7.41. The molecular formula is C25H21FN2O5. The van der Waals surface area contributed by atoms with E-state index < -0.39 is 29.3 Å². The molecule has 1 aliphatic rings. The zero-order valence-electron chi connectivity index (χ0n) is 18.0. The number of carbonyl (C=O) groups excluding carboxylic acids is 2. The summed E-state index contributed by atoms with van der Waals surface area (Å²) in [5, 5.41) is 11.1. The van der Waals surface area contributed by atoms with Crippen LogP contribution in [0.1, 0.15) is 22.7 Å². The van der Waals surface area contributed by atoms with Crippen molar-refractivity contribution in [3.8, 4) is 11.5 Å². The SMILES string of the molecule is COc1cccc(C2/C(=C(\O)c3ccc(OC)c(F)c3)C(=O)C(=O)N2Cc2cccnc2)c1. The van der Waals surface area contributed by atoms with Crippen LogP contribution in [0.15, 0.2) is 72.6 Å². The van der Waals surface area contributed by atoms with Crippen LogP contribution in [-0.4, -0.2) is 40.9 Å². The lowest BCUT2D eigenvalue weighted by Gasteiger charge is -2.25. The Balaban J connectivity index is 1.88. The number of aliphatic hydroxyl groups excluding tert-OH is 1. The van der Waals surface area contributed by atoms with Crippen molar-refractivity contribution in [1.82, 2.24) is 9.88 Å². The highest BCUT2D eigenvalue weighted by molar-refractivity contribution is 6.46. The lowest BCUT2D eigenvalue weighted by molar-refractivity contribution is -0.140. The highest BCUT2D eigenvalue weighted by Gasteiger charge is 2.46. The number of Topliss-reactive ketones (excluding diaryl/α,β-unsaturated/α-hetero) is 1. The summed E-state index contributed by atoms with van der Waals surface area (Å²) in [6.45, 7) is 0.0913. The Morgan fingerprint density at radius 3 is 2.58 bits per heavy atom. The van der Waals surface area contributed by atoms with Gasteiger partial charge in [0.15, 0.2) is 11.6 Å². The monoisotopic (exact) mass is 448 g/mol. The molecule has 8 heteroatoms. The van der Waals surface area contributed by atoms with Gasteiger partial charge >= 0.3 is 0 Å². The van der Waals surface area contributed by atoms with E-state index in [1.807, 2.05) is 0 Å². The van der Waals surface area contributed by atoms with Crippen molar-refractivity contribution in [2.45, 2.75) is 12.6 Å². The largest absolute Gasteiger partial charge is 0.507 e. The van der Waals surface area contributed by atoms with Crippen LogP contribution in [0.2, 0.25) is 0 Å². The molecule has 0 spiro atoms. The molecule has 0 aliphatic carbocycles. The minimum atomic E-state index is -0.912. The second kappa shape index (κ2) is 9.12. The molecule has 1 fully saturated rings. The second-order valence-electron chi connectivity index (χ2n) is 7.41. The van der Waals surface area contributed by atoms with Crippen LogP contribution >= 0.6 is 0 Å². The number of amides is 1. The molecule has 2 aromatic carbocycles. The van der Waals surface area contributed by atoms with Crippen molar-refractivity contribution < 1.29 is 28.6 Å². The number of ketones is 1. The van der Waals surface area contributed by atoms with Crippen molar-refractivity contribution in [3.05, 3.63) is 95.1 Å². The predicted octanol–water partition coefficient (Wildman–Crippen LogP) is 3.86. The van der Waals surface area contributed by atoms with Crippen molar-refractivity contribution in [2.75, 3.05) is 14.2 Å². The Morgan fingerprint density at radius 1 is 1.09 bits per heavy atom. The summed E-state index contributed by atoms with van der Waals surface area (Å²) >= 11 is 0. The van der Waals surface area contributed by atoms with Gasteiger partial charge in [-0.15, -0.1) is 0 Å². The summed E-state index contributed by atoms with van der Waals surface area (Å²) in [7, 11) is 2.83. The molecule has 1 aliphatic heterocycles. The fourth-order valence-electron chi connectivity index (χ4n) is 3.86. The summed E-state index contributed by atoms with van der Waals surface area (Å²) in [5.74, 6) is -2.30. The van der Waals surface area contributed by atoms with E-state index in [4.69, 9.17) is 9.47 Å². The van der Waals surface area contributed by atoms with E-state index in [1.165, 1.54) is 31.3 Å². The third-order valence-electron chi connectivity index (χ3n) is 5.45. The highest BCUT2D eigenvalue weighted by Crippen LogP contribution is 2.41. The molecule has 3 aromatic rings. The van der Waals surface area contributed by atoms with Gasteiger partial charge in [0.2, 0.25) is 0 Å². The molecule has 2 heterocycles. The number of rotatable bonds is 6. The average Bonchev–Trinajstić information content (AvgIpc) is 3.09. The first-order valence-corrected chi connectivity index (χ1v) is 10.1.